The fraction of sp³-hybridized carbons (Fsp3) is 0.400. The van der Waals surface area contributed by atoms with E-state index in [0.29, 0.717) is 32.5 Å². The van der Waals surface area contributed by atoms with Crippen molar-refractivity contribution < 1.29 is 14.3 Å². The van der Waals surface area contributed by atoms with E-state index in [0.717, 1.165) is 38.8 Å². The first-order chi connectivity index (χ1) is 17.6. The fourth-order valence-corrected chi connectivity index (χ4v) is 5.08. The highest BCUT2D eigenvalue weighted by Gasteiger charge is 2.42. The van der Waals surface area contributed by atoms with Crippen molar-refractivity contribution in [3.63, 3.8) is 0 Å². The molecule has 6 heteroatoms. The van der Waals surface area contributed by atoms with Crippen molar-refractivity contribution in [3.8, 4) is 0 Å². The van der Waals surface area contributed by atoms with Crippen LogP contribution in [0.5, 0.6) is 0 Å². The van der Waals surface area contributed by atoms with Crippen LogP contribution >= 0.6 is 0 Å². The second-order valence-corrected chi connectivity index (χ2v) is 9.64. The Bertz CT molecular complexity index is 1130. The summed E-state index contributed by atoms with van der Waals surface area (Å²) >= 11 is 0. The van der Waals surface area contributed by atoms with Gasteiger partial charge in [0, 0.05) is 39.8 Å². The normalized spacial score (nSPS) is 15.5. The van der Waals surface area contributed by atoms with Crippen LogP contribution in [0.4, 0.5) is 4.79 Å². The molecule has 0 spiro atoms. The van der Waals surface area contributed by atoms with E-state index in [2.05, 4.69) is 64.8 Å². The highest BCUT2D eigenvalue weighted by atomic mass is 16.5. The van der Waals surface area contributed by atoms with E-state index >= 15 is 0 Å². The molecule has 2 amide bonds. The van der Waals surface area contributed by atoms with E-state index in [1.807, 2.05) is 18.2 Å². The number of amides is 2. The maximum absolute atomic E-state index is 13.2. The van der Waals surface area contributed by atoms with E-state index in [-0.39, 0.29) is 6.03 Å². The molecule has 0 bridgehead atoms. The third kappa shape index (κ3) is 6.50. The maximum atomic E-state index is 13.2. The topological polar surface area (TPSA) is 61.9 Å². The van der Waals surface area contributed by atoms with Crippen LogP contribution in [-0.2, 0) is 22.5 Å². The predicted octanol–water partition coefficient (Wildman–Crippen LogP) is 4.66. The van der Waals surface area contributed by atoms with Crippen LogP contribution in [0.2, 0.25) is 0 Å². The third-order valence-corrected chi connectivity index (χ3v) is 7.22. The molecule has 6 nitrogen and oxygen atoms in total. The lowest BCUT2D eigenvalue weighted by Gasteiger charge is -2.45. The Morgan fingerprint density at radius 1 is 1.00 bits per heavy atom. The van der Waals surface area contributed by atoms with Gasteiger partial charge in [0.1, 0.15) is 11.8 Å². The molecule has 0 aromatic heterocycles. The molecule has 3 aromatic rings. The number of rotatable bonds is 11. The number of fused-ring (bicyclic) bond motifs is 1. The summed E-state index contributed by atoms with van der Waals surface area (Å²) in [5, 5.41) is 5.52. The number of aldehydes is 1. The van der Waals surface area contributed by atoms with Crippen molar-refractivity contribution in [1.82, 2.24) is 15.1 Å². The Balaban J connectivity index is 1.34. The van der Waals surface area contributed by atoms with Crippen molar-refractivity contribution in [3.05, 3.63) is 83.9 Å². The van der Waals surface area contributed by atoms with Crippen molar-refractivity contribution in [2.45, 2.75) is 37.8 Å². The number of piperidine rings is 1. The lowest BCUT2D eigenvalue weighted by Crippen LogP contribution is -2.61. The Morgan fingerprint density at radius 2 is 1.72 bits per heavy atom. The molecule has 1 aliphatic rings. The second-order valence-electron chi connectivity index (χ2n) is 9.64. The largest absolute Gasteiger partial charge is 0.383 e. The van der Waals surface area contributed by atoms with E-state index in [1.54, 1.807) is 12.0 Å². The van der Waals surface area contributed by atoms with Crippen LogP contribution in [0, 0.1) is 0 Å². The summed E-state index contributed by atoms with van der Waals surface area (Å²) in [6.45, 7) is 3.72. The van der Waals surface area contributed by atoms with Gasteiger partial charge >= 0.3 is 6.03 Å². The summed E-state index contributed by atoms with van der Waals surface area (Å²) in [6, 6.07) is 25.0. The minimum Gasteiger partial charge on any atom is -0.383 e. The smallest absolute Gasteiger partial charge is 0.318 e. The molecule has 190 valence electrons. The van der Waals surface area contributed by atoms with E-state index in [1.165, 1.54) is 21.9 Å². The monoisotopic (exact) mass is 487 g/mol. The molecule has 1 aliphatic heterocycles. The lowest BCUT2D eigenvalue weighted by atomic mass is 9.86. The summed E-state index contributed by atoms with van der Waals surface area (Å²) in [5.41, 5.74) is 1.72. The average Bonchev–Trinajstić information content (AvgIpc) is 2.93. The quantitative estimate of drug-likeness (QED) is 0.316. The number of hydrogen-bond donors (Lipinski definition) is 1. The third-order valence-electron chi connectivity index (χ3n) is 7.22. The number of hydrogen-bond acceptors (Lipinski definition) is 4. The van der Waals surface area contributed by atoms with Crippen LogP contribution in [-0.4, -0.2) is 67.6 Å². The van der Waals surface area contributed by atoms with E-state index < -0.39 is 5.54 Å². The number of ether oxygens (including phenoxy) is 1. The number of nitrogens with zero attached hydrogens (tertiary/aromatic N) is 2. The minimum absolute atomic E-state index is 0.185. The first kappa shape index (κ1) is 25.9. The van der Waals surface area contributed by atoms with E-state index in [4.69, 9.17) is 4.74 Å². The molecule has 1 N–H and O–H groups in total. The van der Waals surface area contributed by atoms with Crippen LogP contribution in [0.25, 0.3) is 10.8 Å². The Hall–Kier alpha value is -3.22. The van der Waals surface area contributed by atoms with Crippen LogP contribution in [0.3, 0.4) is 0 Å². The summed E-state index contributed by atoms with van der Waals surface area (Å²) in [4.78, 5) is 29.7. The summed E-state index contributed by atoms with van der Waals surface area (Å²) in [5.74, 6) is 0. The van der Waals surface area contributed by atoms with Gasteiger partial charge in [-0.25, -0.2) is 4.79 Å². The molecule has 1 saturated heterocycles. The molecule has 0 saturated carbocycles. The fourth-order valence-electron chi connectivity index (χ4n) is 5.08. The van der Waals surface area contributed by atoms with Crippen LogP contribution in [0.15, 0.2) is 72.8 Å². The van der Waals surface area contributed by atoms with Gasteiger partial charge in [0.2, 0.25) is 0 Å². The zero-order valence-electron chi connectivity index (χ0n) is 21.2. The molecule has 0 unspecified atom stereocenters. The van der Waals surface area contributed by atoms with Gasteiger partial charge < -0.3 is 19.7 Å². The number of urea groups is 1. The number of benzene rings is 3. The molecule has 4 rings (SSSR count). The molecular formula is C30H37N3O3. The second kappa shape index (κ2) is 12.7. The number of likely N-dealkylation sites (tertiary alicyclic amines) is 1. The average molecular weight is 488 g/mol. The van der Waals surface area contributed by atoms with Crippen LogP contribution < -0.4 is 5.32 Å². The van der Waals surface area contributed by atoms with Crippen molar-refractivity contribution >= 4 is 23.1 Å². The van der Waals surface area contributed by atoms with Crippen molar-refractivity contribution in [2.75, 3.05) is 39.9 Å². The van der Waals surface area contributed by atoms with Gasteiger partial charge in [-0.1, -0.05) is 66.7 Å². The maximum Gasteiger partial charge on any atom is 0.318 e. The van der Waals surface area contributed by atoms with Crippen molar-refractivity contribution in [1.29, 1.82) is 0 Å². The zero-order chi connectivity index (χ0) is 25.2. The first-order valence-electron chi connectivity index (χ1n) is 12.9. The van der Waals surface area contributed by atoms with Gasteiger partial charge in [-0.05, 0) is 53.6 Å². The summed E-state index contributed by atoms with van der Waals surface area (Å²) in [6.07, 6.45) is 3.97. The number of carbonyl (C=O) groups excluding carboxylic acids is 2. The summed E-state index contributed by atoms with van der Waals surface area (Å²) < 4.78 is 5.27. The van der Waals surface area contributed by atoms with Gasteiger partial charge in [-0.2, -0.15) is 0 Å². The minimum atomic E-state index is -0.804. The highest BCUT2D eigenvalue weighted by molar-refractivity contribution is 5.83. The summed E-state index contributed by atoms with van der Waals surface area (Å²) in [7, 11) is 1.62. The Morgan fingerprint density at radius 3 is 2.44 bits per heavy atom. The van der Waals surface area contributed by atoms with Gasteiger partial charge in [-0.15, -0.1) is 0 Å². The molecule has 0 radical (unpaired) electrons. The van der Waals surface area contributed by atoms with Gasteiger partial charge in [0.05, 0.1) is 6.61 Å². The van der Waals surface area contributed by atoms with E-state index in [9.17, 15) is 9.59 Å². The number of methoxy groups -OCH3 is 1. The highest BCUT2D eigenvalue weighted by Crippen LogP contribution is 2.29. The first-order valence-corrected chi connectivity index (χ1v) is 12.9. The SMILES string of the molecule is COCCN(C(=O)NCCCc1ccccc1)C1(C=O)CCN(Cc2ccc3ccccc3c2)CC1. The molecular weight excluding hydrogens is 450 g/mol. The lowest BCUT2D eigenvalue weighted by molar-refractivity contribution is -0.120. The molecule has 1 heterocycles. The molecule has 1 fully saturated rings. The van der Waals surface area contributed by atoms with Gasteiger partial charge in [0.25, 0.3) is 0 Å². The van der Waals surface area contributed by atoms with Crippen LogP contribution in [0.1, 0.15) is 30.4 Å². The predicted molar refractivity (Wildman–Crippen MR) is 144 cm³/mol. The Kier molecular flexibility index (Phi) is 9.09. The molecule has 0 atom stereocenters. The Labute approximate surface area is 214 Å². The number of aryl methyl sites for hydroxylation is 1. The number of nitrogens with one attached hydrogen (secondary N) is 1. The molecule has 36 heavy (non-hydrogen) atoms. The van der Waals surface area contributed by atoms with Gasteiger partial charge in [0.15, 0.2) is 0 Å². The van der Waals surface area contributed by atoms with Gasteiger partial charge in [-0.3, -0.25) is 4.90 Å². The van der Waals surface area contributed by atoms with Crippen molar-refractivity contribution in [2.24, 2.45) is 0 Å². The molecule has 0 aliphatic carbocycles. The standard InChI is InChI=1S/C30H37N3O3/c1-36-21-20-33(29(35)31-17-7-10-25-8-3-2-4-9-25)30(24-34)15-18-32(19-16-30)23-26-13-14-27-11-5-6-12-28(27)22-26/h2-6,8-9,11-14,22,24H,7,10,15-21,23H2,1H3,(H,31,35). The molecule has 3 aromatic carbocycles. The number of carbonyl (C=O) groups is 2. The zero-order valence-corrected chi connectivity index (χ0v) is 21.2.